The Hall–Kier alpha value is -1.55. The third kappa shape index (κ3) is 2.47. The molecule has 0 amide bonds. The fourth-order valence-electron chi connectivity index (χ4n) is 1.31. The molecule has 0 aliphatic heterocycles. The van der Waals surface area contributed by atoms with Crippen molar-refractivity contribution in [1.82, 2.24) is 10.2 Å². The van der Waals surface area contributed by atoms with Crippen LogP contribution in [-0.4, -0.2) is 10.2 Å². The first-order chi connectivity index (χ1) is 7.25. The van der Waals surface area contributed by atoms with Crippen molar-refractivity contribution in [1.29, 1.82) is 0 Å². The Kier molecular flexibility index (Phi) is 2.87. The minimum Gasteiger partial charge on any atom is -0.408 e. The molecule has 0 bridgehead atoms. The van der Waals surface area contributed by atoms with Gasteiger partial charge in [0, 0.05) is 11.4 Å². The normalized spacial score (nSPS) is 10.5. The number of nitrogens with two attached hydrogens (primary N) is 1. The molecule has 2 aromatic rings. The molecule has 0 unspecified atom stereocenters. The minimum atomic E-state index is 0.101. The first-order valence-corrected chi connectivity index (χ1v) is 4.95. The van der Waals surface area contributed by atoms with Gasteiger partial charge in [-0.3, -0.25) is 0 Å². The van der Waals surface area contributed by atoms with Crippen LogP contribution in [0.25, 0.3) is 0 Å². The molecule has 1 aromatic carbocycles. The summed E-state index contributed by atoms with van der Waals surface area (Å²) in [6.45, 7) is 0. The molecule has 15 heavy (non-hydrogen) atoms. The van der Waals surface area contributed by atoms with Gasteiger partial charge in [-0.2, -0.15) is 0 Å². The summed E-state index contributed by atoms with van der Waals surface area (Å²) in [4.78, 5) is 0. The summed E-state index contributed by atoms with van der Waals surface area (Å²) in [5.41, 5.74) is 6.38. The van der Waals surface area contributed by atoms with Crippen molar-refractivity contribution in [2.45, 2.75) is 12.8 Å². The van der Waals surface area contributed by atoms with Gasteiger partial charge in [-0.15, -0.1) is 5.10 Å². The standard InChI is InChI=1S/C10H10ClN3O/c11-8-4-2-1-3-7(8)5-6-9-13-14-10(12)15-9/h1-4H,5-6H2,(H2,12,14). The summed E-state index contributed by atoms with van der Waals surface area (Å²) in [5, 5.41) is 8.11. The van der Waals surface area contributed by atoms with Crippen LogP contribution >= 0.6 is 11.6 Å². The van der Waals surface area contributed by atoms with Crippen LogP contribution in [0, 0.1) is 0 Å². The quantitative estimate of drug-likeness (QED) is 0.866. The number of halogens is 1. The second-order valence-electron chi connectivity index (χ2n) is 3.13. The van der Waals surface area contributed by atoms with Gasteiger partial charge >= 0.3 is 6.01 Å². The average molecular weight is 224 g/mol. The average Bonchev–Trinajstić information content (AvgIpc) is 2.63. The Morgan fingerprint density at radius 1 is 1.20 bits per heavy atom. The highest BCUT2D eigenvalue weighted by Gasteiger charge is 2.04. The number of nitrogen functional groups attached to an aromatic ring is 1. The maximum absolute atomic E-state index is 6.00. The van der Waals surface area contributed by atoms with Crippen LogP contribution in [0.3, 0.4) is 0 Å². The van der Waals surface area contributed by atoms with E-state index >= 15 is 0 Å². The molecule has 0 fully saturated rings. The van der Waals surface area contributed by atoms with Crippen LogP contribution in [0.5, 0.6) is 0 Å². The first kappa shape index (κ1) is 9.98. The monoisotopic (exact) mass is 223 g/mol. The third-order valence-corrected chi connectivity index (χ3v) is 2.42. The van der Waals surface area contributed by atoms with Gasteiger partial charge in [-0.1, -0.05) is 34.9 Å². The summed E-state index contributed by atoms with van der Waals surface area (Å²) in [6.07, 6.45) is 1.41. The van der Waals surface area contributed by atoms with Crippen LogP contribution < -0.4 is 5.73 Å². The van der Waals surface area contributed by atoms with Crippen molar-refractivity contribution in [3.63, 3.8) is 0 Å². The molecule has 78 valence electrons. The predicted molar refractivity (Wildman–Crippen MR) is 57.6 cm³/mol. The van der Waals surface area contributed by atoms with Crippen LogP contribution in [0.1, 0.15) is 11.5 Å². The number of benzene rings is 1. The molecule has 5 heteroatoms. The van der Waals surface area contributed by atoms with Gasteiger partial charge in [0.05, 0.1) is 0 Å². The smallest absolute Gasteiger partial charge is 0.312 e. The Labute approximate surface area is 92.1 Å². The van der Waals surface area contributed by atoms with E-state index in [1.165, 1.54) is 0 Å². The summed E-state index contributed by atoms with van der Waals surface area (Å²) >= 11 is 6.00. The largest absolute Gasteiger partial charge is 0.408 e. The lowest BCUT2D eigenvalue weighted by atomic mass is 10.1. The van der Waals surface area contributed by atoms with E-state index in [2.05, 4.69) is 10.2 Å². The van der Waals surface area contributed by atoms with E-state index in [0.717, 1.165) is 17.0 Å². The lowest BCUT2D eigenvalue weighted by Crippen LogP contribution is -1.92. The maximum Gasteiger partial charge on any atom is 0.312 e. The van der Waals surface area contributed by atoms with Crippen LogP contribution in [0.4, 0.5) is 6.01 Å². The molecular weight excluding hydrogens is 214 g/mol. The summed E-state index contributed by atoms with van der Waals surface area (Å²) < 4.78 is 5.06. The molecule has 0 saturated heterocycles. The second-order valence-corrected chi connectivity index (χ2v) is 3.53. The van der Waals surface area contributed by atoms with Crippen molar-refractivity contribution in [3.8, 4) is 0 Å². The van der Waals surface area contributed by atoms with Gasteiger partial charge in [-0.05, 0) is 18.1 Å². The number of aromatic nitrogens is 2. The van der Waals surface area contributed by atoms with Crippen molar-refractivity contribution in [3.05, 3.63) is 40.7 Å². The van der Waals surface area contributed by atoms with E-state index in [1.807, 2.05) is 24.3 Å². The third-order valence-electron chi connectivity index (χ3n) is 2.05. The van der Waals surface area contributed by atoms with Crippen LogP contribution in [-0.2, 0) is 12.8 Å². The zero-order chi connectivity index (χ0) is 10.7. The van der Waals surface area contributed by atoms with Crippen LogP contribution in [0.15, 0.2) is 28.7 Å². The predicted octanol–water partition coefficient (Wildman–Crippen LogP) is 2.09. The number of hydrogen-bond acceptors (Lipinski definition) is 4. The molecule has 4 nitrogen and oxygen atoms in total. The fourth-order valence-corrected chi connectivity index (χ4v) is 1.54. The number of rotatable bonds is 3. The molecule has 0 aliphatic carbocycles. The fraction of sp³-hybridized carbons (Fsp3) is 0.200. The summed E-state index contributed by atoms with van der Waals surface area (Å²) in [5.74, 6) is 0.535. The molecule has 0 saturated carbocycles. The Morgan fingerprint density at radius 2 is 2.00 bits per heavy atom. The van der Waals surface area contributed by atoms with Gasteiger partial charge in [0.25, 0.3) is 0 Å². The first-order valence-electron chi connectivity index (χ1n) is 4.57. The minimum absolute atomic E-state index is 0.101. The Bertz CT molecular complexity index is 455. The summed E-state index contributed by atoms with van der Waals surface area (Å²) in [7, 11) is 0. The van der Waals surface area contributed by atoms with E-state index in [1.54, 1.807) is 0 Å². The molecule has 1 aromatic heterocycles. The molecule has 0 aliphatic rings. The SMILES string of the molecule is Nc1nnc(CCc2ccccc2Cl)o1. The molecule has 2 rings (SSSR count). The Balaban J connectivity index is 2.02. The molecule has 0 atom stereocenters. The zero-order valence-electron chi connectivity index (χ0n) is 7.98. The van der Waals surface area contributed by atoms with E-state index in [9.17, 15) is 0 Å². The zero-order valence-corrected chi connectivity index (χ0v) is 8.74. The van der Waals surface area contributed by atoms with E-state index in [-0.39, 0.29) is 6.01 Å². The summed E-state index contributed by atoms with van der Waals surface area (Å²) in [6, 6.07) is 7.78. The van der Waals surface area contributed by atoms with Crippen molar-refractivity contribution >= 4 is 17.6 Å². The Morgan fingerprint density at radius 3 is 2.67 bits per heavy atom. The van der Waals surface area contributed by atoms with Gasteiger partial charge < -0.3 is 10.2 Å². The van der Waals surface area contributed by atoms with Gasteiger partial charge in [0.15, 0.2) is 0 Å². The maximum atomic E-state index is 6.00. The number of anilines is 1. The topological polar surface area (TPSA) is 64.9 Å². The molecule has 2 N–H and O–H groups in total. The highest BCUT2D eigenvalue weighted by Crippen LogP contribution is 2.17. The van der Waals surface area contributed by atoms with E-state index in [4.69, 9.17) is 21.8 Å². The van der Waals surface area contributed by atoms with Crippen molar-refractivity contribution < 1.29 is 4.42 Å². The lowest BCUT2D eigenvalue weighted by molar-refractivity contribution is 0.509. The highest BCUT2D eigenvalue weighted by molar-refractivity contribution is 6.31. The number of hydrogen-bond donors (Lipinski definition) is 1. The number of aryl methyl sites for hydroxylation is 2. The highest BCUT2D eigenvalue weighted by atomic mass is 35.5. The van der Waals surface area contributed by atoms with Crippen LogP contribution in [0.2, 0.25) is 5.02 Å². The molecule has 0 radical (unpaired) electrons. The van der Waals surface area contributed by atoms with Crippen molar-refractivity contribution in [2.24, 2.45) is 0 Å². The van der Waals surface area contributed by atoms with Gasteiger partial charge in [0.2, 0.25) is 5.89 Å². The van der Waals surface area contributed by atoms with E-state index < -0.39 is 0 Å². The lowest BCUT2D eigenvalue weighted by Gasteiger charge is -2.00. The molecule has 0 spiro atoms. The van der Waals surface area contributed by atoms with Gasteiger partial charge in [-0.25, -0.2) is 0 Å². The van der Waals surface area contributed by atoms with E-state index in [0.29, 0.717) is 12.3 Å². The number of nitrogens with zero attached hydrogens (tertiary/aromatic N) is 2. The van der Waals surface area contributed by atoms with Gasteiger partial charge in [0.1, 0.15) is 0 Å². The molecular formula is C10H10ClN3O. The van der Waals surface area contributed by atoms with Crippen molar-refractivity contribution in [2.75, 3.05) is 5.73 Å². The molecule has 1 heterocycles. The second kappa shape index (κ2) is 4.31.